The number of Topliss-reactive ketones (excluding diaryl/α,β-unsaturated/α-hetero) is 1. The minimum atomic E-state index is -0.0675. The van der Waals surface area contributed by atoms with Crippen LogP contribution in [-0.2, 0) is 11.3 Å². The van der Waals surface area contributed by atoms with Gasteiger partial charge in [0, 0.05) is 48.1 Å². The van der Waals surface area contributed by atoms with Crippen molar-refractivity contribution in [3.8, 4) is 0 Å². The predicted molar refractivity (Wildman–Crippen MR) is 126 cm³/mol. The summed E-state index contributed by atoms with van der Waals surface area (Å²) in [5.74, 6) is 0.0525. The Hall–Kier alpha value is -3.40. The van der Waals surface area contributed by atoms with E-state index in [9.17, 15) is 9.90 Å². The molecule has 0 saturated heterocycles. The first-order chi connectivity index (χ1) is 15.0. The van der Waals surface area contributed by atoms with Gasteiger partial charge in [-0.1, -0.05) is 37.3 Å². The van der Waals surface area contributed by atoms with E-state index in [0.29, 0.717) is 11.1 Å². The molecule has 0 radical (unpaired) electrons. The average Bonchev–Trinajstić information content (AvgIpc) is 3.21. The van der Waals surface area contributed by atoms with E-state index in [1.807, 2.05) is 50.2 Å². The van der Waals surface area contributed by atoms with Gasteiger partial charge in [-0.05, 0) is 26.0 Å². The van der Waals surface area contributed by atoms with Gasteiger partial charge in [0.25, 0.3) is 0 Å². The number of hydrogen-bond donors (Lipinski definition) is 1. The lowest BCUT2D eigenvalue weighted by Gasteiger charge is -2.23. The summed E-state index contributed by atoms with van der Waals surface area (Å²) in [6.45, 7) is 10.0. The quantitative estimate of drug-likeness (QED) is 0.435. The van der Waals surface area contributed by atoms with Gasteiger partial charge >= 0.3 is 0 Å². The number of nitrogens with zero attached hydrogens (tertiary/aromatic N) is 2. The van der Waals surface area contributed by atoms with Crippen molar-refractivity contribution in [1.29, 1.82) is 0 Å². The number of fused-ring (bicyclic) bond motifs is 2. The third-order valence-corrected chi connectivity index (χ3v) is 6.65. The number of aromatic nitrogens is 1. The molecule has 2 heterocycles. The molecular formula is C27H27N2O2+. The number of ketones is 1. The van der Waals surface area contributed by atoms with Gasteiger partial charge in [-0.15, -0.1) is 0 Å². The molecule has 0 fully saturated rings. The van der Waals surface area contributed by atoms with E-state index in [1.54, 1.807) is 0 Å². The molecule has 0 atom stereocenters. The molecule has 31 heavy (non-hydrogen) atoms. The Morgan fingerprint density at radius 1 is 0.935 bits per heavy atom. The SMILES string of the molecule is CCC[N+]1=C(C)C(=C2C(=O)C(c3c(C)n(CC)c4ccccc34)=C2O)c2ccccc21. The van der Waals surface area contributed by atoms with Crippen LogP contribution in [0.15, 0.2) is 59.9 Å². The van der Waals surface area contributed by atoms with Gasteiger partial charge in [0.2, 0.25) is 11.5 Å². The maximum Gasteiger partial charge on any atom is 0.213 e. The van der Waals surface area contributed by atoms with Crippen LogP contribution in [0.5, 0.6) is 0 Å². The van der Waals surface area contributed by atoms with Gasteiger partial charge < -0.3 is 9.67 Å². The van der Waals surface area contributed by atoms with Gasteiger partial charge in [0.15, 0.2) is 5.71 Å². The highest BCUT2D eigenvalue weighted by Gasteiger charge is 2.44. The Kier molecular flexibility index (Phi) is 4.47. The summed E-state index contributed by atoms with van der Waals surface area (Å²) in [4.78, 5) is 13.6. The first-order valence-electron chi connectivity index (χ1n) is 11.0. The summed E-state index contributed by atoms with van der Waals surface area (Å²) in [6, 6.07) is 16.3. The fourth-order valence-corrected chi connectivity index (χ4v) is 5.28. The molecule has 156 valence electrons. The number of aryl methyl sites for hydroxylation is 1. The molecule has 0 saturated carbocycles. The smallest absolute Gasteiger partial charge is 0.213 e. The van der Waals surface area contributed by atoms with Crippen LogP contribution in [-0.4, -0.2) is 32.3 Å². The van der Waals surface area contributed by atoms with E-state index in [0.717, 1.165) is 64.2 Å². The first-order valence-corrected chi connectivity index (χ1v) is 11.0. The number of benzene rings is 2. The Morgan fingerprint density at radius 2 is 1.65 bits per heavy atom. The Balaban J connectivity index is 1.77. The van der Waals surface area contributed by atoms with Crippen LogP contribution in [0.3, 0.4) is 0 Å². The van der Waals surface area contributed by atoms with E-state index >= 15 is 0 Å². The van der Waals surface area contributed by atoms with Crippen LogP contribution in [0.25, 0.3) is 22.0 Å². The highest BCUT2D eigenvalue weighted by molar-refractivity contribution is 6.47. The van der Waals surface area contributed by atoms with Gasteiger partial charge in [0.1, 0.15) is 12.3 Å². The van der Waals surface area contributed by atoms with Crippen molar-refractivity contribution in [2.24, 2.45) is 0 Å². The number of rotatable bonds is 4. The summed E-state index contributed by atoms with van der Waals surface area (Å²) in [6.07, 6.45) is 1.00. The highest BCUT2D eigenvalue weighted by atomic mass is 16.3. The van der Waals surface area contributed by atoms with Crippen molar-refractivity contribution in [1.82, 2.24) is 4.57 Å². The fraction of sp³-hybridized carbons (Fsp3) is 0.259. The first kappa shape index (κ1) is 19.6. The summed E-state index contributed by atoms with van der Waals surface area (Å²) >= 11 is 0. The van der Waals surface area contributed by atoms with Gasteiger partial charge in [-0.2, -0.15) is 4.58 Å². The second kappa shape index (κ2) is 7.09. The number of aliphatic hydroxyl groups is 1. The monoisotopic (exact) mass is 411 g/mol. The van der Waals surface area contributed by atoms with E-state index in [2.05, 4.69) is 35.1 Å². The molecule has 1 aliphatic heterocycles. The highest BCUT2D eigenvalue weighted by Crippen LogP contribution is 2.47. The molecule has 4 heteroatoms. The maximum atomic E-state index is 13.6. The molecule has 2 aromatic carbocycles. The van der Waals surface area contributed by atoms with E-state index < -0.39 is 0 Å². The number of para-hydroxylation sites is 2. The zero-order valence-corrected chi connectivity index (χ0v) is 18.5. The summed E-state index contributed by atoms with van der Waals surface area (Å²) in [7, 11) is 0. The van der Waals surface area contributed by atoms with E-state index in [4.69, 9.17) is 0 Å². The Morgan fingerprint density at radius 3 is 2.35 bits per heavy atom. The normalized spacial score (nSPS) is 18.3. The van der Waals surface area contributed by atoms with E-state index in [-0.39, 0.29) is 11.5 Å². The van der Waals surface area contributed by atoms with Crippen molar-refractivity contribution in [3.63, 3.8) is 0 Å². The number of hydrogen-bond acceptors (Lipinski definition) is 2. The topological polar surface area (TPSA) is 45.2 Å². The van der Waals surface area contributed by atoms with Crippen LogP contribution in [0.1, 0.15) is 44.0 Å². The molecule has 4 nitrogen and oxygen atoms in total. The van der Waals surface area contributed by atoms with Crippen LogP contribution in [0.2, 0.25) is 0 Å². The van der Waals surface area contributed by atoms with Gasteiger partial charge in [-0.25, -0.2) is 0 Å². The molecule has 1 N–H and O–H groups in total. The molecule has 3 aromatic rings. The van der Waals surface area contributed by atoms with Crippen LogP contribution < -0.4 is 0 Å². The minimum Gasteiger partial charge on any atom is -0.506 e. The zero-order chi connectivity index (χ0) is 21.9. The summed E-state index contributed by atoms with van der Waals surface area (Å²) in [5.41, 5.74) is 7.90. The lowest BCUT2D eigenvalue weighted by molar-refractivity contribution is -0.437. The second-order valence-corrected chi connectivity index (χ2v) is 8.28. The maximum absolute atomic E-state index is 13.6. The van der Waals surface area contributed by atoms with Gasteiger partial charge in [-0.3, -0.25) is 4.79 Å². The molecule has 1 aliphatic carbocycles. The fourth-order valence-electron chi connectivity index (χ4n) is 5.28. The summed E-state index contributed by atoms with van der Waals surface area (Å²) in [5, 5.41) is 12.3. The van der Waals surface area contributed by atoms with Crippen LogP contribution in [0.4, 0.5) is 5.69 Å². The standard InChI is InChI=1S/C27H26N2O2/c1-5-15-29-17(4)23(19-12-8-10-14-21(19)29)25-26(30)24(27(25)31)22-16(3)28(6-2)20-13-9-7-11-18(20)22/h7-14H,5-6,15H2,1-4H3/p+1. The second-order valence-electron chi connectivity index (χ2n) is 8.28. The molecule has 5 rings (SSSR count). The van der Waals surface area contributed by atoms with Crippen molar-refractivity contribution < 1.29 is 14.5 Å². The molecule has 0 spiro atoms. The van der Waals surface area contributed by atoms with Crippen LogP contribution >= 0.6 is 0 Å². The number of carbonyl (C=O) groups is 1. The Labute approximate surface area is 182 Å². The number of aliphatic hydroxyl groups excluding tert-OH is 1. The molecule has 0 unspecified atom stereocenters. The van der Waals surface area contributed by atoms with E-state index in [1.165, 1.54) is 0 Å². The molecule has 2 aliphatic rings. The summed E-state index contributed by atoms with van der Waals surface area (Å²) < 4.78 is 4.46. The largest absolute Gasteiger partial charge is 0.506 e. The molecular weight excluding hydrogens is 384 g/mol. The third-order valence-electron chi connectivity index (χ3n) is 6.65. The van der Waals surface area contributed by atoms with Crippen LogP contribution in [0, 0.1) is 6.92 Å². The lowest BCUT2D eigenvalue weighted by atomic mass is 9.78. The van der Waals surface area contributed by atoms with Crippen molar-refractivity contribution in [2.45, 2.75) is 40.7 Å². The zero-order valence-electron chi connectivity index (χ0n) is 18.5. The Bertz CT molecular complexity index is 1370. The minimum absolute atomic E-state index is 0.0675. The predicted octanol–water partition coefficient (Wildman–Crippen LogP) is 5.80. The third kappa shape index (κ3) is 2.54. The number of carbonyl (C=O) groups excluding carboxylic acids is 1. The molecule has 0 bridgehead atoms. The molecule has 0 amide bonds. The van der Waals surface area contributed by atoms with Crippen molar-refractivity contribution in [2.75, 3.05) is 6.54 Å². The molecule has 1 aromatic heterocycles. The van der Waals surface area contributed by atoms with Gasteiger partial charge in [0.05, 0.1) is 22.3 Å². The average molecular weight is 412 g/mol. The number of allylic oxidation sites excluding steroid dienone is 3. The lowest BCUT2D eigenvalue weighted by Crippen LogP contribution is -2.25. The van der Waals surface area contributed by atoms with Crippen molar-refractivity contribution in [3.05, 3.63) is 76.7 Å². The van der Waals surface area contributed by atoms with Crippen molar-refractivity contribution >= 4 is 39.2 Å².